The first-order chi connectivity index (χ1) is 16.0. The normalized spacial score (nSPS) is 14.8. The Morgan fingerprint density at radius 1 is 0.848 bits per heavy atom. The van der Waals surface area contributed by atoms with Crippen molar-refractivity contribution in [1.82, 2.24) is 4.48 Å². The van der Waals surface area contributed by atoms with E-state index in [1.54, 1.807) is 12.1 Å². The summed E-state index contributed by atoms with van der Waals surface area (Å²) in [4.78, 5) is 4.88. The van der Waals surface area contributed by atoms with Crippen LogP contribution in [-0.2, 0) is 0 Å². The van der Waals surface area contributed by atoms with E-state index >= 15 is 0 Å². The third-order valence-electron chi connectivity index (χ3n) is 6.03. The molecule has 0 radical (unpaired) electrons. The lowest BCUT2D eigenvalue weighted by Crippen LogP contribution is -2.16. The van der Waals surface area contributed by atoms with E-state index in [1.807, 2.05) is 60.7 Å². The Hall–Kier alpha value is -3.73. The van der Waals surface area contributed by atoms with Gasteiger partial charge in [-0.3, -0.25) is 8.63 Å². The summed E-state index contributed by atoms with van der Waals surface area (Å²) < 4.78 is 29.7. The highest BCUT2D eigenvalue weighted by Crippen LogP contribution is 2.35. The molecule has 5 rings (SSSR count). The number of aromatic nitrogens is 1. The standard InChI is InChI=1S/C28H23BF2N2/c1-19(2)20-12-14-21(15-13-20)24-16-17-25(32-24)28(22-8-4-3-5-9-22)27-18-23-10-6-7-11-26(23)33(27)29(30)31/h3-19H,1-2H3/b28-25-. The molecule has 0 spiro atoms. The zero-order valence-electron chi connectivity index (χ0n) is 18.5. The Balaban J connectivity index is 1.70. The predicted octanol–water partition coefficient (Wildman–Crippen LogP) is 7.36. The van der Waals surface area contributed by atoms with Crippen molar-refractivity contribution in [3.8, 4) is 0 Å². The molecule has 0 N–H and O–H groups in total. The number of aliphatic imine (C=N–C) groups is 1. The minimum absolute atomic E-state index is 0.455. The molecule has 162 valence electrons. The highest BCUT2D eigenvalue weighted by molar-refractivity contribution is 6.43. The summed E-state index contributed by atoms with van der Waals surface area (Å²) in [6.45, 7) is 4.33. The number of hydrogen-bond acceptors (Lipinski definition) is 1. The van der Waals surface area contributed by atoms with Crippen LogP contribution in [0.1, 0.15) is 42.1 Å². The van der Waals surface area contributed by atoms with Crippen LogP contribution in [0.5, 0.6) is 0 Å². The average Bonchev–Trinajstić information content (AvgIpc) is 3.45. The minimum atomic E-state index is -2.67. The van der Waals surface area contributed by atoms with Gasteiger partial charge in [-0.25, -0.2) is 4.99 Å². The molecule has 0 saturated heterocycles. The van der Waals surface area contributed by atoms with E-state index in [4.69, 9.17) is 4.99 Å². The van der Waals surface area contributed by atoms with Gasteiger partial charge in [0.15, 0.2) is 0 Å². The van der Waals surface area contributed by atoms with Crippen LogP contribution in [0.15, 0.2) is 108 Å². The van der Waals surface area contributed by atoms with Crippen LogP contribution in [0.2, 0.25) is 0 Å². The lowest BCUT2D eigenvalue weighted by atomic mass is 9.99. The molecule has 1 aliphatic heterocycles. The van der Waals surface area contributed by atoms with E-state index < -0.39 is 7.40 Å². The number of nitrogens with zero attached hydrogens (tertiary/aromatic N) is 2. The lowest BCUT2D eigenvalue weighted by molar-refractivity contribution is 0.633. The summed E-state index contributed by atoms with van der Waals surface area (Å²) in [6, 6.07) is 27.1. The number of halogens is 2. The van der Waals surface area contributed by atoms with Gasteiger partial charge in [-0.1, -0.05) is 86.6 Å². The molecule has 0 aliphatic carbocycles. The van der Waals surface area contributed by atoms with Gasteiger partial charge in [0.2, 0.25) is 0 Å². The number of para-hydroxylation sites is 1. The van der Waals surface area contributed by atoms with Gasteiger partial charge in [-0.2, -0.15) is 0 Å². The molecule has 4 aromatic rings. The molecule has 2 nitrogen and oxygen atoms in total. The fraction of sp³-hybridized carbons (Fsp3) is 0.107. The molecule has 0 amide bonds. The molecule has 2 heterocycles. The van der Waals surface area contributed by atoms with Gasteiger partial charge in [-0.15, -0.1) is 0 Å². The predicted molar refractivity (Wildman–Crippen MR) is 134 cm³/mol. The second-order valence-corrected chi connectivity index (χ2v) is 8.47. The maximum atomic E-state index is 14.3. The van der Waals surface area contributed by atoms with E-state index in [0.29, 0.717) is 28.4 Å². The number of fused-ring (bicyclic) bond motifs is 1. The number of allylic oxidation sites excluding steroid dienone is 2. The fourth-order valence-corrected chi connectivity index (χ4v) is 4.31. The molecule has 0 unspecified atom stereocenters. The molecule has 1 aliphatic rings. The first kappa shape index (κ1) is 21.1. The highest BCUT2D eigenvalue weighted by Gasteiger charge is 2.27. The van der Waals surface area contributed by atoms with Crippen LogP contribution in [0.25, 0.3) is 16.5 Å². The quantitative estimate of drug-likeness (QED) is 0.291. The maximum absolute atomic E-state index is 14.3. The summed E-state index contributed by atoms with van der Waals surface area (Å²) in [5, 5.41) is 0.775. The van der Waals surface area contributed by atoms with Gasteiger partial charge in [0.25, 0.3) is 0 Å². The van der Waals surface area contributed by atoms with Gasteiger partial charge >= 0.3 is 7.40 Å². The molecule has 5 heteroatoms. The molecule has 0 saturated carbocycles. The smallest absolute Gasteiger partial charge is 0.325 e. The lowest BCUT2D eigenvalue weighted by Gasteiger charge is -2.13. The molecule has 1 aromatic heterocycles. The van der Waals surface area contributed by atoms with Crippen molar-refractivity contribution in [3.05, 3.63) is 125 Å². The average molecular weight is 436 g/mol. The summed E-state index contributed by atoms with van der Waals surface area (Å²) in [6.07, 6.45) is 3.87. The summed E-state index contributed by atoms with van der Waals surface area (Å²) in [7, 11) is -2.67. The third-order valence-corrected chi connectivity index (χ3v) is 6.03. The molecule has 0 bridgehead atoms. The van der Waals surface area contributed by atoms with Gasteiger partial charge in [0, 0.05) is 22.3 Å². The van der Waals surface area contributed by atoms with Gasteiger partial charge in [-0.05, 0) is 46.7 Å². The van der Waals surface area contributed by atoms with E-state index in [1.165, 1.54) is 5.56 Å². The van der Waals surface area contributed by atoms with Crippen LogP contribution in [-0.4, -0.2) is 17.6 Å². The van der Waals surface area contributed by atoms with E-state index in [2.05, 4.69) is 38.1 Å². The van der Waals surface area contributed by atoms with Crippen molar-refractivity contribution in [2.45, 2.75) is 19.8 Å². The Bertz CT molecular complexity index is 1400. The Morgan fingerprint density at radius 2 is 1.55 bits per heavy atom. The SMILES string of the molecule is CC(C)c1ccc(C2=N/C(=C(/c3ccccc3)c3cc4ccccc4n3B(F)F)C=C2)cc1. The van der Waals surface area contributed by atoms with E-state index in [9.17, 15) is 8.63 Å². The summed E-state index contributed by atoms with van der Waals surface area (Å²) in [5.41, 5.74) is 6.28. The first-order valence-electron chi connectivity index (χ1n) is 11.1. The monoisotopic (exact) mass is 436 g/mol. The van der Waals surface area contributed by atoms with Crippen LogP contribution < -0.4 is 0 Å². The second kappa shape index (κ2) is 8.66. The van der Waals surface area contributed by atoms with Crippen molar-refractivity contribution in [3.63, 3.8) is 0 Å². The van der Waals surface area contributed by atoms with Gasteiger partial charge in [0.1, 0.15) is 0 Å². The van der Waals surface area contributed by atoms with Gasteiger partial charge in [0.05, 0.1) is 11.4 Å². The molecule has 0 fully saturated rings. The van der Waals surface area contributed by atoms with Crippen LogP contribution in [0, 0.1) is 0 Å². The molecular weight excluding hydrogens is 413 g/mol. The van der Waals surface area contributed by atoms with Crippen LogP contribution in [0.4, 0.5) is 8.63 Å². The topological polar surface area (TPSA) is 17.3 Å². The summed E-state index contributed by atoms with van der Waals surface area (Å²) in [5.74, 6) is 0.455. The zero-order chi connectivity index (χ0) is 22.9. The number of benzene rings is 3. The van der Waals surface area contributed by atoms with Crippen molar-refractivity contribution in [2.75, 3.05) is 0 Å². The van der Waals surface area contributed by atoms with Crippen molar-refractivity contribution >= 4 is 29.6 Å². The Morgan fingerprint density at radius 3 is 2.24 bits per heavy atom. The fourth-order valence-electron chi connectivity index (χ4n) is 4.31. The van der Waals surface area contributed by atoms with Gasteiger partial charge < -0.3 is 4.48 Å². The maximum Gasteiger partial charge on any atom is 0.678 e. The van der Waals surface area contributed by atoms with Crippen molar-refractivity contribution < 1.29 is 8.63 Å². The minimum Gasteiger partial charge on any atom is -0.325 e. The largest absolute Gasteiger partial charge is 0.678 e. The molecule has 0 atom stereocenters. The highest BCUT2D eigenvalue weighted by atomic mass is 19.2. The number of hydrogen-bond donors (Lipinski definition) is 0. The van der Waals surface area contributed by atoms with Crippen molar-refractivity contribution in [1.29, 1.82) is 0 Å². The Labute approximate surface area is 192 Å². The molecular formula is C28H23BF2N2. The Kier molecular flexibility index (Phi) is 5.55. The molecule has 33 heavy (non-hydrogen) atoms. The van der Waals surface area contributed by atoms with E-state index in [0.717, 1.165) is 26.7 Å². The third kappa shape index (κ3) is 3.95. The van der Waals surface area contributed by atoms with Crippen LogP contribution in [0.3, 0.4) is 0 Å². The zero-order valence-corrected chi connectivity index (χ0v) is 18.5. The number of rotatable bonds is 5. The summed E-state index contributed by atoms with van der Waals surface area (Å²) >= 11 is 0. The second-order valence-electron chi connectivity index (χ2n) is 8.47. The van der Waals surface area contributed by atoms with Crippen molar-refractivity contribution in [2.24, 2.45) is 4.99 Å². The van der Waals surface area contributed by atoms with E-state index in [-0.39, 0.29) is 0 Å². The molecule has 3 aromatic carbocycles. The van der Waals surface area contributed by atoms with Crippen LogP contribution >= 0.6 is 0 Å². The first-order valence-corrected chi connectivity index (χ1v) is 11.1.